The Morgan fingerprint density at radius 1 is 1.17 bits per heavy atom. The van der Waals surface area contributed by atoms with Gasteiger partial charge in [-0.05, 0) is 25.0 Å². The number of carbonyl (C=O) groups excluding carboxylic acids is 1. The van der Waals surface area contributed by atoms with Gasteiger partial charge in [-0.15, -0.1) is 0 Å². The molecule has 1 N–H and O–H groups in total. The van der Waals surface area contributed by atoms with Gasteiger partial charge in [-0.1, -0.05) is 6.07 Å². The fourth-order valence-corrected chi connectivity index (χ4v) is 3.28. The molecule has 1 aromatic rings. The molecule has 0 aliphatic carbocycles. The zero-order valence-electron chi connectivity index (χ0n) is 13.5. The summed E-state index contributed by atoms with van der Waals surface area (Å²) in [5.74, 6) is -0.0987. The summed E-state index contributed by atoms with van der Waals surface area (Å²) in [5.41, 5.74) is 0.557. The maximum absolute atomic E-state index is 12.3. The second-order valence-electron chi connectivity index (χ2n) is 6.40. The van der Waals surface area contributed by atoms with Crippen LogP contribution in [-0.2, 0) is 9.47 Å². The van der Waals surface area contributed by atoms with Crippen molar-refractivity contribution in [3.05, 3.63) is 30.1 Å². The quantitative estimate of drug-likeness (QED) is 0.875. The van der Waals surface area contributed by atoms with Crippen LogP contribution in [0.5, 0.6) is 0 Å². The van der Waals surface area contributed by atoms with Crippen LogP contribution in [0.3, 0.4) is 0 Å². The first-order valence-corrected chi connectivity index (χ1v) is 8.35. The Balaban J connectivity index is 1.60. The average molecular weight is 319 g/mol. The van der Waals surface area contributed by atoms with Crippen LogP contribution >= 0.6 is 0 Å². The number of ether oxygens (including phenoxy) is 2. The zero-order valence-corrected chi connectivity index (χ0v) is 13.5. The molecule has 0 atom stereocenters. The highest BCUT2D eigenvalue weighted by molar-refractivity contribution is 5.92. The topological polar surface area (TPSA) is 63.7 Å². The first kappa shape index (κ1) is 16.4. The van der Waals surface area contributed by atoms with E-state index in [0.717, 1.165) is 58.9 Å². The van der Waals surface area contributed by atoms with Crippen LogP contribution in [0, 0.1) is 5.41 Å². The SMILES string of the molecule is O=C(NCC1(CN2CCOCC2)CCOCC1)c1ccccn1. The Morgan fingerprint density at radius 2 is 1.91 bits per heavy atom. The zero-order chi connectivity index (χ0) is 16.0. The van der Waals surface area contributed by atoms with Gasteiger partial charge in [0.2, 0.25) is 0 Å². The summed E-state index contributed by atoms with van der Waals surface area (Å²) in [4.78, 5) is 18.8. The number of hydrogen-bond acceptors (Lipinski definition) is 5. The molecule has 3 heterocycles. The van der Waals surface area contributed by atoms with Gasteiger partial charge in [-0.3, -0.25) is 14.7 Å². The van der Waals surface area contributed by atoms with Crippen LogP contribution in [0.4, 0.5) is 0 Å². The summed E-state index contributed by atoms with van der Waals surface area (Å²) in [6, 6.07) is 5.39. The number of pyridine rings is 1. The minimum atomic E-state index is -0.0987. The maximum atomic E-state index is 12.3. The van der Waals surface area contributed by atoms with E-state index >= 15 is 0 Å². The molecule has 6 nitrogen and oxygen atoms in total. The van der Waals surface area contributed by atoms with Gasteiger partial charge in [-0.2, -0.15) is 0 Å². The number of rotatable bonds is 5. The van der Waals surface area contributed by atoms with Gasteiger partial charge in [0.05, 0.1) is 13.2 Å². The smallest absolute Gasteiger partial charge is 0.269 e. The predicted octanol–water partition coefficient (Wildman–Crippen LogP) is 0.940. The third-order valence-electron chi connectivity index (χ3n) is 4.74. The van der Waals surface area contributed by atoms with E-state index in [2.05, 4.69) is 15.2 Å². The summed E-state index contributed by atoms with van der Waals surface area (Å²) in [6.45, 7) is 6.73. The molecule has 126 valence electrons. The van der Waals surface area contributed by atoms with Crippen LogP contribution in [0.1, 0.15) is 23.3 Å². The van der Waals surface area contributed by atoms with Gasteiger partial charge >= 0.3 is 0 Å². The van der Waals surface area contributed by atoms with Gasteiger partial charge in [-0.25, -0.2) is 0 Å². The molecular formula is C17H25N3O3. The van der Waals surface area contributed by atoms with E-state index in [4.69, 9.17) is 9.47 Å². The number of amides is 1. The van der Waals surface area contributed by atoms with Crippen LogP contribution in [0.15, 0.2) is 24.4 Å². The summed E-state index contributed by atoms with van der Waals surface area (Å²) < 4.78 is 11.0. The Kier molecular flexibility index (Phi) is 5.59. The summed E-state index contributed by atoms with van der Waals surface area (Å²) in [6.07, 6.45) is 3.60. The Labute approximate surface area is 137 Å². The lowest BCUT2D eigenvalue weighted by molar-refractivity contribution is -0.0283. The van der Waals surface area contributed by atoms with E-state index < -0.39 is 0 Å². The lowest BCUT2D eigenvalue weighted by Gasteiger charge is -2.42. The summed E-state index contributed by atoms with van der Waals surface area (Å²) >= 11 is 0. The van der Waals surface area contributed by atoms with E-state index in [0.29, 0.717) is 12.2 Å². The van der Waals surface area contributed by atoms with Crippen molar-refractivity contribution >= 4 is 5.91 Å². The Morgan fingerprint density at radius 3 is 2.61 bits per heavy atom. The van der Waals surface area contributed by atoms with E-state index in [1.165, 1.54) is 0 Å². The minimum absolute atomic E-state index is 0.0834. The van der Waals surface area contributed by atoms with E-state index in [1.54, 1.807) is 12.3 Å². The van der Waals surface area contributed by atoms with Crippen molar-refractivity contribution < 1.29 is 14.3 Å². The van der Waals surface area contributed by atoms with Crippen LogP contribution in [0.2, 0.25) is 0 Å². The third kappa shape index (κ3) is 4.50. The van der Waals surface area contributed by atoms with Crippen molar-refractivity contribution in [2.45, 2.75) is 12.8 Å². The van der Waals surface area contributed by atoms with Gasteiger partial charge < -0.3 is 14.8 Å². The number of hydrogen-bond donors (Lipinski definition) is 1. The molecule has 0 aromatic carbocycles. The highest BCUT2D eigenvalue weighted by atomic mass is 16.5. The molecule has 6 heteroatoms. The van der Waals surface area contributed by atoms with Crippen molar-refractivity contribution in [1.29, 1.82) is 0 Å². The number of carbonyl (C=O) groups is 1. The molecule has 23 heavy (non-hydrogen) atoms. The Hall–Kier alpha value is -1.50. The number of nitrogens with zero attached hydrogens (tertiary/aromatic N) is 2. The Bertz CT molecular complexity index is 497. The lowest BCUT2D eigenvalue weighted by atomic mass is 9.79. The number of morpholine rings is 1. The maximum Gasteiger partial charge on any atom is 0.269 e. The second-order valence-corrected chi connectivity index (χ2v) is 6.40. The van der Waals surface area contributed by atoms with Gasteiger partial charge in [0, 0.05) is 51.0 Å². The molecule has 2 aliphatic heterocycles. The first-order chi connectivity index (χ1) is 11.3. The molecule has 3 rings (SSSR count). The molecule has 2 saturated heterocycles. The van der Waals surface area contributed by atoms with Crippen molar-refractivity contribution in [2.24, 2.45) is 5.41 Å². The van der Waals surface area contributed by atoms with Crippen molar-refractivity contribution in [3.63, 3.8) is 0 Å². The van der Waals surface area contributed by atoms with E-state index in [-0.39, 0.29) is 11.3 Å². The average Bonchev–Trinajstić information content (AvgIpc) is 2.62. The van der Waals surface area contributed by atoms with Crippen molar-refractivity contribution in [2.75, 3.05) is 52.6 Å². The highest BCUT2D eigenvalue weighted by Crippen LogP contribution is 2.31. The fourth-order valence-electron chi connectivity index (χ4n) is 3.28. The van der Waals surface area contributed by atoms with Gasteiger partial charge in [0.15, 0.2) is 0 Å². The van der Waals surface area contributed by atoms with Gasteiger partial charge in [0.1, 0.15) is 5.69 Å². The summed E-state index contributed by atoms with van der Waals surface area (Å²) in [7, 11) is 0. The molecular weight excluding hydrogens is 294 g/mol. The molecule has 2 fully saturated rings. The van der Waals surface area contributed by atoms with Crippen molar-refractivity contribution in [3.8, 4) is 0 Å². The lowest BCUT2D eigenvalue weighted by Crippen LogP contribution is -2.50. The molecule has 0 radical (unpaired) electrons. The minimum Gasteiger partial charge on any atom is -0.381 e. The molecule has 1 amide bonds. The monoisotopic (exact) mass is 319 g/mol. The first-order valence-electron chi connectivity index (χ1n) is 8.35. The third-order valence-corrected chi connectivity index (χ3v) is 4.74. The molecule has 1 aromatic heterocycles. The second kappa shape index (κ2) is 7.86. The van der Waals surface area contributed by atoms with Crippen LogP contribution in [-0.4, -0.2) is 68.4 Å². The summed E-state index contributed by atoms with van der Waals surface area (Å²) in [5, 5.41) is 3.08. The number of nitrogens with one attached hydrogen (secondary N) is 1. The number of aromatic nitrogens is 1. The predicted molar refractivity (Wildman–Crippen MR) is 86.3 cm³/mol. The largest absolute Gasteiger partial charge is 0.381 e. The van der Waals surface area contributed by atoms with E-state index in [1.807, 2.05) is 12.1 Å². The van der Waals surface area contributed by atoms with Gasteiger partial charge in [0.25, 0.3) is 5.91 Å². The standard InChI is InChI=1S/C17H25N3O3/c21-16(15-3-1-2-6-18-15)19-13-17(4-9-22-10-5-17)14-20-7-11-23-12-8-20/h1-3,6H,4-5,7-14H2,(H,19,21). The van der Waals surface area contributed by atoms with Crippen molar-refractivity contribution in [1.82, 2.24) is 15.2 Å². The van der Waals surface area contributed by atoms with E-state index in [9.17, 15) is 4.79 Å². The molecule has 0 unspecified atom stereocenters. The normalized spacial score (nSPS) is 21.7. The molecule has 0 saturated carbocycles. The fraction of sp³-hybridized carbons (Fsp3) is 0.647. The van der Waals surface area contributed by atoms with Crippen LogP contribution < -0.4 is 5.32 Å². The highest BCUT2D eigenvalue weighted by Gasteiger charge is 2.35. The van der Waals surface area contributed by atoms with Crippen LogP contribution in [0.25, 0.3) is 0 Å². The molecule has 2 aliphatic rings. The molecule has 0 spiro atoms. The molecule has 0 bridgehead atoms.